The van der Waals surface area contributed by atoms with E-state index in [2.05, 4.69) is 13.8 Å². The van der Waals surface area contributed by atoms with Crippen molar-refractivity contribution in [2.24, 2.45) is 11.8 Å². The fraction of sp³-hybridized carbons (Fsp3) is 1.00. The molecule has 0 aliphatic heterocycles. The summed E-state index contributed by atoms with van der Waals surface area (Å²) in [5.41, 5.74) is 0. The van der Waals surface area contributed by atoms with Crippen LogP contribution in [0.4, 0.5) is 0 Å². The first-order valence-electron chi connectivity index (χ1n) is 4.38. The highest BCUT2D eigenvalue weighted by Gasteiger charge is 2.21. The highest BCUT2D eigenvalue weighted by molar-refractivity contribution is 4.73. The molecule has 0 bridgehead atoms. The zero-order chi connectivity index (χ0) is 7.56. The third-order valence-electron chi connectivity index (χ3n) is 2.63. The van der Waals surface area contributed by atoms with Crippen molar-refractivity contribution in [2.45, 2.75) is 45.6 Å². The number of hydrogen-bond acceptors (Lipinski definition) is 1. The Balaban J connectivity index is 2.32. The molecule has 0 spiro atoms. The molecule has 1 nitrogen and oxygen atoms in total. The molecule has 1 rings (SSSR count). The minimum Gasteiger partial charge on any atom is -0.393 e. The van der Waals surface area contributed by atoms with Gasteiger partial charge in [-0.15, -0.1) is 0 Å². The second-order valence-electron chi connectivity index (χ2n) is 3.82. The molecule has 0 unspecified atom stereocenters. The molecule has 0 aromatic heterocycles. The first-order valence-corrected chi connectivity index (χ1v) is 4.38. The highest BCUT2D eigenvalue weighted by atomic mass is 16.3. The molecule has 1 N–H and O–H groups in total. The number of hydrogen-bond donors (Lipinski definition) is 1. The first-order chi connectivity index (χ1) is 4.70. The molecule has 1 aliphatic carbocycles. The summed E-state index contributed by atoms with van der Waals surface area (Å²) < 4.78 is 0. The molecule has 1 saturated carbocycles. The molecule has 0 aromatic rings. The molecule has 0 aromatic carbocycles. The predicted octanol–water partition coefficient (Wildman–Crippen LogP) is 2.19. The predicted molar refractivity (Wildman–Crippen MR) is 42.8 cm³/mol. The van der Waals surface area contributed by atoms with E-state index >= 15 is 0 Å². The maximum absolute atomic E-state index is 9.33. The molecule has 2 atom stereocenters. The Labute approximate surface area is 63.4 Å². The van der Waals surface area contributed by atoms with E-state index in [1.54, 1.807) is 0 Å². The summed E-state index contributed by atoms with van der Waals surface area (Å²) >= 11 is 0. The van der Waals surface area contributed by atoms with Gasteiger partial charge in [-0.25, -0.2) is 0 Å². The topological polar surface area (TPSA) is 20.2 Å². The summed E-state index contributed by atoms with van der Waals surface area (Å²) in [5.74, 6) is 1.54. The van der Waals surface area contributed by atoms with E-state index < -0.39 is 0 Å². The minimum atomic E-state index is 0.00106. The molecule has 1 fully saturated rings. The normalized spacial score (nSPS) is 34.8. The van der Waals surface area contributed by atoms with Gasteiger partial charge in [-0.1, -0.05) is 26.7 Å². The second-order valence-corrected chi connectivity index (χ2v) is 3.82. The Kier molecular flexibility index (Phi) is 2.72. The average Bonchev–Trinajstić information content (AvgIpc) is 1.88. The Hall–Kier alpha value is -0.0400. The Morgan fingerprint density at radius 1 is 1.30 bits per heavy atom. The van der Waals surface area contributed by atoms with Gasteiger partial charge in [-0.05, 0) is 24.7 Å². The van der Waals surface area contributed by atoms with Gasteiger partial charge in [0.25, 0.3) is 0 Å². The van der Waals surface area contributed by atoms with Gasteiger partial charge in [-0.3, -0.25) is 0 Å². The van der Waals surface area contributed by atoms with Crippen molar-refractivity contribution in [3.63, 3.8) is 0 Å². The Morgan fingerprint density at radius 2 is 2.00 bits per heavy atom. The van der Waals surface area contributed by atoms with Crippen molar-refractivity contribution >= 4 is 0 Å². The number of aliphatic hydroxyl groups excluding tert-OH is 1. The van der Waals surface area contributed by atoms with Crippen LogP contribution in [0, 0.1) is 11.8 Å². The molecule has 1 aliphatic rings. The fourth-order valence-electron chi connectivity index (χ4n) is 1.81. The van der Waals surface area contributed by atoms with Gasteiger partial charge in [0.2, 0.25) is 0 Å². The van der Waals surface area contributed by atoms with Crippen molar-refractivity contribution < 1.29 is 5.11 Å². The van der Waals surface area contributed by atoms with Gasteiger partial charge in [0, 0.05) is 0 Å². The summed E-state index contributed by atoms with van der Waals surface area (Å²) in [7, 11) is 0. The van der Waals surface area contributed by atoms with Crippen LogP contribution >= 0.6 is 0 Å². The lowest BCUT2D eigenvalue weighted by atomic mass is 9.80. The summed E-state index contributed by atoms with van der Waals surface area (Å²) in [6, 6.07) is 0. The standard InChI is InChI=1S/C9H18O/c1-7(2)8-4-3-5-9(10)6-8/h7-10H,3-6H2,1-2H3/t8-,9-/m1/s1. The lowest BCUT2D eigenvalue weighted by Crippen LogP contribution is -2.22. The van der Waals surface area contributed by atoms with Crippen LogP contribution in [0.1, 0.15) is 39.5 Å². The van der Waals surface area contributed by atoms with Crippen LogP contribution in [-0.2, 0) is 0 Å². The Bertz CT molecular complexity index is 98.9. The van der Waals surface area contributed by atoms with Crippen molar-refractivity contribution in [2.75, 3.05) is 0 Å². The van der Waals surface area contributed by atoms with E-state index in [1.807, 2.05) is 0 Å². The zero-order valence-electron chi connectivity index (χ0n) is 7.01. The number of rotatable bonds is 1. The molecule has 0 saturated heterocycles. The van der Waals surface area contributed by atoms with E-state index in [0.717, 1.165) is 24.7 Å². The smallest absolute Gasteiger partial charge is 0.0543 e. The molecule has 0 amide bonds. The molecule has 0 radical (unpaired) electrons. The first kappa shape index (κ1) is 8.06. The van der Waals surface area contributed by atoms with Gasteiger partial charge in [0.1, 0.15) is 0 Å². The van der Waals surface area contributed by atoms with Crippen molar-refractivity contribution in [3.8, 4) is 0 Å². The van der Waals surface area contributed by atoms with Crippen LogP contribution in [0.25, 0.3) is 0 Å². The van der Waals surface area contributed by atoms with Crippen LogP contribution < -0.4 is 0 Å². The Morgan fingerprint density at radius 3 is 2.40 bits per heavy atom. The molecule has 1 heteroatoms. The van der Waals surface area contributed by atoms with Gasteiger partial charge >= 0.3 is 0 Å². The lowest BCUT2D eigenvalue weighted by Gasteiger charge is -2.28. The summed E-state index contributed by atoms with van der Waals surface area (Å²) in [4.78, 5) is 0. The van der Waals surface area contributed by atoms with E-state index in [1.165, 1.54) is 12.8 Å². The van der Waals surface area contributed by atoms with Crippen LogP contribution in [0.5, 0.6) is 0 Å². The SMILES string of the molecule is CC(C)[C@@H]1CCC[C@@H](O)C1. The van der Waals surface area contributed by atoms with Gasteiger partial charge in [-0.2, -0.15) is 0 Å². The third kappa shape index (κ3) is 1.98. The molecule has 0 heterocycles. The second kappa shape index (κ2) is 3.38. The summed E-state index contributed by atoms with van der Waals surface area (Å²) in [6.07, 6.45) is 4.63. The maximum Gasteiger partial charge on any atom is 0.0543 e. The molecular formula is C9H18O. The zero-order valence-corrected chi connectivity index (χ0v) is 7.01. The maximum atomic E-state index is 9.33. The number of aliphatic hydroxyl groups is 1. The van der Waals surface area contributed by atoms with Crippen molar-refractivity contribution in [1.82, 2.24) is 0 Å². The monoisotopic (exact) mass is 142 g/mol. The molecular weight excluding hydrogens is 124 g/mol. The van der Waals surface area contributed by atoms with Crippen LogP contribution in [0.2, 0.25) is 0 Å². The van der Waals surface area contributed by atoms with E-state index in [4.69, 9.17) is 0 Å². The highest BCUT2D eigenvalue weighted by Crippen LogP contribution is 2.29. The molecule has 60 valence electrons. The largest absolute Gasteiger partial charge is 0.393 e. The minimum absolute atomic E-state index is 0.00106. The summed E-state index contributed by atoms with van der Waals surface area (Å²) in [6.45, 7) is 4.51. The van der Waals surface area contributed by atoms with Crippen LogP contribution in [0.15, 0.2) is 0 Å². The summed E-state index contributed by atoms with van der Waals surface area (Å²) in [5, 5.41) is 9.33. The third-order valence-corrected chi connectivity index (χ3v) is 2.63. The fourth-order valence-corrected chi connectivity index (χ4v) is 1.81. The van der Waals surface area contributed by atoms with E-state index in [0.29, 0.717) is 0 Å². The van der Waals surface area contributed by atoms with Gasteiger partial charge < -0.3 is 5.11 Å². The van der Waals surface area contributed by atoms with E-state index in [-0.39, 0.29) is 6.10 Å². The lowest BCUT2D eigenvalue weighted by molar-refractivity contribution is 0.0858. The van der Waals surface area contributed by atoms with Crippen LogP contribution in [0.3, 0.4) is 0 Å². The van der Waals surface area contributed by atoms with Gasteiger partial charge in [0.15, 0.2) is 0 Å². The average molecular weight is 142 g/mol. The molecule has 10 heavy (non-hydrogen) atoms. The van der Waals surface area contributed by atoms with Crippen molar-refractivity contribution in [3.05, 3.63) is 0 Å². The van der Waals surface area contributed by atoms with E-state index in [9.17, 15) is 5.11 Å². The quantitative estimate of drug-likeness (QED) is 0.595. The van der Waals surface area contributed by atoms with Crippen LogP contribution in [-0.4, -0.2) is 11.2 Å². The van der Waals surface area contributed by atoms with Gasteiger partial charge in [0.05, 0.1) is 6.10 Å². The van der Waals surface area contributed by atoms with Crippen molar-refractivity contribution in [1.29, 1.82) is 0 Å².